The van der Waals surface area contributed by atoms with Crippen LogP contribution < -0.4 is 0 Å². The fourth-order valence-electron chi connectivity index (χ4n) is 9.08. The maximum atomic E-state index is 14.2. The molecule has 0 aromatic heterocycles. The van der Waals surface area contributed by atoms with E-state index in [1.165, 1.54) is 20.4 Å². The molecule has 13 nitrogen and oxygen atoms in total. The summed E-state index contributed by atoms with van der Waals surface area (Å²) in [6.07, 6.45) is 5.75. The Hall–Kier alpha value is -2.78. The number of carbonyl (C=O) groups is 4. The highest BCUT2D eigenvalue weighted by Gasteiger charge is 2.56. The Bertz CT molecular complexity index is 1480. The molecule has 1 amide bonds. The first kappa shape index (κ1) is 45.9. The lowest BCUT2D eigenvalue weighted by Crippen LogP contribution is -2.64. The van der Waals surface area contributed by atoms with Crippen molar-refractivity contribution in [2.75, 3.05) is 21.3 Å². The molecule has 0 spiro atoms. The van der Waals surface area contributed by atoms with Gasteiger partial charge in [-0.05, 0) is 89.0 Å². The van der Waals surface area contributed by atoms with Gasteiger partial charge in [0.15, 0.2) is 0 Å². The minimum absolute atomic E-state index is 0.0103. The number of ether oxygens (including phenoxy) is 5. The fourth-order valence-corrected chi connectivity index (χ4v) is 9.08. The molecule has 56 heavy (non-hydrogen) atoms. The van der Waals surface area contributed by atoms with E-state index in [1.807, 2.05) is 32.9 Å². The third-order valence-corrected chi connectivity index (χ3v) is 12.6. The van der Waals surface area contributed by atoms with Crippen molar-refractivity contribution in [1.29, 1.82) is 0 Å². The number of esters is 1. The van der Waals surface area contributed by atoms with Crippen molar-refractivity contribution < 1.29 is 58.2 Å². The van der Waals surface area contributed by atoms with Gasteiger partial charge in [-0.3, -0.25) is 19.3 Å². The number of rotatable bonds is 6. The summed E-state index contributed by atoms with van der Waals surface area (Å²) < 4.78 is 29.6. The third kappa shape index (κ3) is 10.6. The smallest absolute Gasteiger partial charge is 0.329 e. The first-order valence-electron chi connectivity index (χ1n) is 20.5. The largest absolute Gasteiger partial charge is 0.456 e. The fraction of sp³-hybridized carbons (Fsp3) is 0.767. The molecule has 14 atom stereocenters. The number of nitrogens with zero attached hydrogens (tertiary/aromatic N) is 1. The Labute approximate surface area is 332 Å². The van der Waals surface area contributed by atoms with E-state index in [9.17, 15) is 34.5 Å². The predicted molar refractivity (Wildman–Crippen MR) is 208 cm³/mol. The van der Waals surface area contributed by atoms with Crippen LogP contribution in [0.2, 0.25) is 0 Å². The second kappa shape index (κ2) is 20.3. The Morgan fingerprint density at radius 1 is 0.929 bits per heavy atom. The number of ketones is 2. The summed E-state index contributed by atoms with van der Waals surface area (Å²) in [5, 5.41) is 34.0. The van der Waals surface area contributed by atoms with E-state index >= 15 is 0 Å². The Balaban J connectivity index is 1.77. The van der Waals surface area contributed by atoms with Crippen LogP contribution in [0, 0.1) is 29.6 Å². The van der Waals surface area contributed by atoms with Crippen molar-refractivity contribution in [3.05, 3.63) is 35.6 Å². The van der Waals surface area contributed by atoms with E-state index in [4.69, 9.17) is 23.7 Å². The molecule has 4 rings (SSSR count). The highest BCUT2D eigenvalue weighted by Crippen LogP contribution is 2.39. The summed E-state index contributed by atoms with van der Waals surface area (Å²) in [5.41, 5.74) is 1.64. The molecule has 3 N–H and O–H groups in total. The van der Waals surface area contributed by atoms with Crippen LogP contribution in [0.1, 0.15) is 106 Å². The van der Waals surface area contributed by atoms with Gasteiger partial charge in [0, 0.05) is 51.7 Å². The summed E-state index contributed by atoms with van der Waals surface area (Å²) in [4.78, 5) is 57.3. The summed E-state index contributed by atoms with van der Waals surface area (Å²) in [6, 6.07) is -1.22. The molecule has 316 valence electrons. The molecule has 3 heterocycles. The van der Waals surface area contributed by atoms with Crippen LogP contribution in [0.25, 0.3) is 0 Å². The molecular formula is C43H67NO12. The number of aliphatic hydroxyl groups is 3. The highest BCUT2D eigenvalue weighted by atomic mass is 16.7. The average Bonchev–Trinajstić information content (AvgIpc) is 3.18. The molecule has 2 bridgehead atoms. The number of carbonyl (C=O) groups excluding carboxylic acids is 4. The van der Waals surface area contributed by atoms with Crippen LogP contribution in [0.4, 0.5) is 0 Å². The summed E-state index contributed by atoms with van der Waals surface area (Å²) in [7, 11) is 4.60. The quantitative estimate of drug-likeness (QED) is 0.194. The Kier molecular flexibility index (Phi) is 16.6. The van der Waals surface area contributed by atoms with Gasteiger partial charge in [0.05, 0.1) is 30.5 Å². The van der Waals surface area contributed by atoms with Crippen molar-refractivity contribution in [1.82, 2.24) is 4.90 Å². The number of methoxy groups -OCH3 is 3. The predicted octanol–water partition coefficient (Wildman–Crippen LogP) is 4.60. The number of hydrogen-bond acceptors (Lipinski definition) is 12. The molecule has 1 saturated heterocycles. The van der Waals surface area contributed by atoms with E-state index in [2.05, 4.69) is 0 Å². The second-order valence-corrected chi connectivity index (χ2v) is 16.8. The maximum Gasteiger partial charge on any atom is 0.329 e. The lowest BCUT2D eigenvalue weighted by Gasteiger charge is -2.46. The standard InChI is InChI=1S/C43H67NO12/c1-10-30-18-24(2)17-25(3)19-36(53-8)39-37(54-9)21-27(5)43(51,56-39)40(48)41(49)44-16-12-11-13-31(44)42(50)55-38(28(6)33(46)23-34(30)47)26(4)20-29-14-15-32(45)35(22-29)52-7/h12,16,18,20,25,27-33,35-39,45-46,51H,10-11,13-15,17,19,21-23H2,1-9H3/b24-18+,26-20+/t25-,27+,28+,29?,30+,31-,32+,33-,35+,36-,37-,38+,39-,43+/m0/s1. The van der Waals surface area contributed by atoms with E-state index in [1.54, 1.807) is 34.0 Å². The van der Waals surface area contributed by atoms with Crippen LogP contribution in [0.15, 0.2) is 35.6 Å². The van der Waals surface area contributed by atoms with Crippen molar-refractivity contribution in [3.63, 3.8) is 0 Å². The third-order valence-electron chi connectivity index (χ3n) is 12.6. The van der Waals surface area contributed by atoms with Crippen LogP contribution >= 0.6 is 0 Å². The molecule has 2 fully saturated rings. The van der Waals surface area contributed by atoms with Gasteiger partial charge in [-0.1, -0.05) is 51.5 Å². The zero-order chi connectivity index (χ0) is 41.5. The van der Waals surface area contributed by atoms with Gasteiger partial charge in [-0.15, -0.1) is 0 Å². The van der Waals surface area contributed by atoms with E-state index < -0.39 is 83.9 Å². The maximum absolute atomic E-state index is 14.2. The highest BCUT2D eigenvalue weighted by molar-refractivity contribution is 6.39. The van der Waals surface area contributed by atoms with Crippen LogP contribution in [0.5, 0.6) is 0 Å². The van der Waals surface area contributed by atoms with Crippen LogP contribution in [-0.4, -0.2) is 120 Å². The SMILES string of the molecule is CC[C@@H]1/C=C(\C)C[C@H](C)C[C@H](OC)[C@@H]2O[C@@](O)(C(=O)C(=O)N3C=CCC[C@H]3C(=O)O[C@H](/C(C)=C/C3CC[C@@H](O)[C@H](OC)C3)[C@H](C)[C@@H](O)CC1=O)[C@H](C)C[C@@H]2OC. The molecule has 4 aliphatic rings. The number of amides is 1. The molecule has 3 aliphatic heterocycles. The molecular weight excluding hydrogens is 722 g/mol. The van der Waals surface area contributed by atoms with E-state index in [-0.39, 0.29) is 43.0 Å². The zero-order valence-electron chi connectivity index (χ0n) is 34.8. The minimum atomic E-state index is -2.53. The number of fused-ring (bicyclic) bond motifs is 3. The van der Waals surface area contributed by atoms with Gasteiger partial charge in [-0.2, -0.15) is 0 Å². The summed E-state index contributed by atoms with van der Waals surface area (Å²) in [6.45, 7) is 11.1. The van der Waals surface area contributed by atoms with Gasteiger partial charge < -0.3 is 39.0 Å². The zero-order valence-corrected chi connectivity index (χ0v) is 34.8. The van der Waals surface area contributed by atoms with Gasteiger partial charge in [0.2, 0.25) is 5.79 Å². The topological polar surface area (TPSA) is 178 Å². The van der Waals surface area contributed by atoms with Crippen molar-refractivity contribution in [2.45, 2.75) is 160 Å². The molecule has 1 saturated carbocycles. The lowest BCUT2D eigenvalue weighted by atomic mass is 9.81. The van der Waals surface area contributed by atoms with Gasteiger partial charge in [-0.25, -0.2) is 4.79 Å². The summed E-state index contributed by atoms with van der Waals surface area (Å²) in [5.74, 6) is -7.80. The number of cyclic esters (lactones) is 1. The van der Waals surface area contributed by atoms with E-state index in [0.717, 1.165) is 10.5 Å². The molecule has 0 aromatic rings. The Morgan fingerprint density at radius 2 is 1.59 bits per heavy atom. The lowest BCUT2D eigenvalue weighted by molar-refractivity contribution is -0.302. The molecule has 0 radical (unpaired) electrons. The number of aliphatic hydroxyl groups excluding tert-OH is 2. The van der Waals surface area contributed by atoms with Crippen molar-refractivity contribution >= 4 is 23.4 Å². The van der Waals surface area contributed by atoms with Crippen molar-refractivity contribution in [2.24, 2.45) is 29.6 Å². The number of Topliss-reactive ketones (excluding diaryl/α,β-unsaturated/α-hetero) is 2. The minimum Gasteiger partial charge on any atom is -0.456 e. The van der Waals surface area contributed by atoms with Crippen molar-refractivity contribution in [3.8, 4) is 0 Å². The number of allylic oxidation sites excluding steroid dienone is 4. The second-order valence-electron chi connectivity index (χ2n) is 16.8. The molecule has 13 heteroatoms. The normalized spacial score (nSPS) is 41.3. The van der Waals surface area contributed by atoms with E-state index in [0.29, 0.717) is 50.5 Å². The monoisotopic (exact) mass is 789 g/mol. The van der Waals surface area contributed by atoms with Gasteiger partial charge in [0.25, 0.3) is 5.78 Å². The molecule has 1 aliphatic carbocycles. The first-order chi connectivity index (χ1) is 26.5. The number of hydrogen-bond donors (Lipinski definition) is 3. The van der Waals surface area contributed by atoms with Gasteiger partial charge >= 0.3 is 11.9 Å². The van der Waals surface area contributed by atoms with Crippen LogP contribution in [0.3, 0.4) is 0 Å². The average molecular weight is 790 g/mol. The summed E-state index contributed by atoms with van der Waals surface area (Å²) >= 11 is 0. The first-order valence-corrected chi connectivity index (χ1v) is 20.5. The molecule has 0 aromatic carbocycles. The molecule has 1 unspecified atom stereocenters. The van der Waals surface area contributed by atoms with Crippen LogP contribution in [-0.2, 0) is 42.9 Å². The van der Waals surface area contributed by atoms with Gasteiger partial charge in [0.1, 0.15) is 24.0 Å². The Morgan fingerprint density at radius 3 is 2.23 bits per heavy atom.